The Labute approximate surface area is 83.6 Å². The van der Waals surface area contributed by atoms with Crippen LogP contribution in [0.25, 0.3) is 0 Å². The van der Waals surface area contributed by atoms with Gasteiger partial charge in [-0.1, -0.05) is 6.92 Å². The minimum absolute atomic E-state index is 0.169. The van der Waals surface area contributed by atoms with Gasteiger partial charge in [0, 0.05) is 12.7 Å². The maximum atomic E-state index is 11.7. The summed E-state index contributed by atoms with van der Waals surface area (Å²) in [6, 6.07) is 1.97. The van der Waals surface area contributed by atoms with E-state index in [1.54, 1.807) is 4.57 Å². The minimum Gasteiger partial charge on any atom is -0.314 e. The quantitative estimate of drug-likeness (QED) is 0.713. The lowest BCUT2D eigenvalue weighted by Crippen LogP contribution is -2.23. The molecule has 0 atom stereocenters. The van der Waals surface area contributed by atoms with Gasteiger partial charge in [0.05, 0.1) is 0 Å². The number of hydrogen-bond acceptors (Lipinski definition) is 2. The van der Waals surface area contributed by atoms with Crippen molar-refractivity contribution in [1.82, 2.24) is 4.57 Å². The van der Waals surface area contributed by atoms with Gasteiger partial charge < -0.3 is 4.57 Å². The second kappa shape index (κ2) is 4.10. The molecule has 0 amide bonds. The molecule has 3 heteroatoms. The molecule has 1 heterocycles. The highest BCUT2D eigenvalue weighted by atomic mass is 16.1. The van der Waals surface area contributed by atoms with E-state index in [4.69, 9.17) is 5.26 Å². The number of hydrogen-bond donors (Lipinski definition) is 0. The summed E-state index contributed by atoms with van der Waals surface area (Å²) in [6.45, 7) is 6.41. The average Bonchev–Trinajstić information content (AvgIpc) is 2.16. The highest BCUT2D eigenvalue weighted by molar-refractivity contribution is 5.38. The fourth-order valence-corrected chi connectivity index (χ4v) is 1.43. The molecule has 0 radical (unpaired) electrons. The number of aryl methyl sites for hydroxylation is 2. The van der Waals surface area contributed by atoms with Gasteiger partial charge in [0.15, 0.2) is 0 Å². The number of rotatable bonds is 2. The van der Waals surface area contributed by atoms with Crippen molar-refractivity contribution >= 4 is 0 Å². The van der Waals surface area contributed by atoms with Gasteiger partial charge in [-0.15, -0.1) is 0 Å². The third kappa shape index (κ3) is 1.69. The molecule has 0 aliphatic heterocycles. The average molecular weight is 190 g/mol. The van der Waals surface area contributed by atoms with Crippen LogP contribution in [-0.2, 0) is 6.54 Å². The fourth-order valence-electron chi connectivity index (χ4n) is 1.43. The third-order valence-corrected chi connectivity index (χ3v) is 2.37. The molecule has 0 saturated carbocycles. The zero-order valence-corrected chi connectivity index (χ0v) is 8.79. The lowest BCUT2D eigenvalue weighted by molar-refractivity contribution is 0.648. The van der Waals surface area contributed by atoms with Crippen molar-refractivity contribution in [1.29, 1.82) is 5.26 Å². The Kier molecular flexibility index (Phi) is 3.08. The molecule has 0 fully saturated rings. The summed E-state index contributed by atoms with van der Waals surface area (Å²) < 4.78 is 1.61. The second-order valence-electron chi connectivity index (χ2n) is 3.42. The number of nitriles is 1. The van der Waals surface area contributed by atoms with Gasteiger partial charge in [0.2, 0.25) is 0 Å². The van der Waals surface area contributed by atoms with Crippen LogP contribution in [0.1, 0.15) is 30.0 Å². The highest BCUT2D eigenvalue weighted by Gasteiger charge is 2.08. The largest absolute Gasteiger partial charge is 0.314 e. The number of aromatic nitrogens is 1. The zero-order valence-electron chi connectivity index (χ0n) is 8.79. The molecule has 3 nitrogen and oxygen atoms in total. The molecule has 0 aliphatic carbocycles. The Morgan fingerprint density at radius 3 is 2.64 bits per heavy atom. The lowest BCUT2D eigenvalue weighted by atomic mass is 10.1. The first kappa shape index (κ1) is 10.5. The fraction of sp³-hybridized carbons (Fsp3) is 0.455. The number of nitrogens with zero attached hydrogens (tertiary/aromatic N) is 2. The van der Waals surface area contributed by atoms with Gasteiger partial charge >= 0.3 is 0 Å². The van der Waals surface area contributed by atoms with E-state index in [1.165, 1.54) is 0 Å². The molecule has 0 unspecified atom stereocenters. The molecule has 0 aromatic carbocycles. The normalized spacial score (nSPS) is 9.86. The minimum atomic E-state index is -0.169. The van der Waals surface area contributed by atoms with E-state index in [-0.39, 0.29) is 11.1 Å². The monoisotopic (exact) mass is 190 g/mol. The van der Waals surface area contributed by atoms with E-state index in [9.17, 15) is 4.79 Å². The molecular weight excluding hydrogens is 176 g/mol. The van der Waals surface area contributed by atoms with Crippen molar-refractivity contribution in [3.05, 3.63) is 33.2 Å². The van der Waals surface area contributed by atoms with Gasteiger partial charge in [-0.2, -0.15) is 5.26 Å². The smallest absolute Gasteiger partial charge is 0.268 e. The van der Waals surface area contributed by atoms with E-state index < -0.39 is 0 Å². The summed E-state index contributed by atoms with van der Waals surface area (Å²) >= 11 is 0. The molecule has 0 spiro atoms. The van der Waals surface area contributed by atoms with Crippen molar-refractivity contribution in [2.45, 2.75) is 33.7 Å². The third-order valence-electron chi connectivity index (χ3n) is 2.37. The van der Waals surface area contributed by atoms with E-state index in [0.717, 1.165) is 17.5 Å². The molecule has 0 N–H and O–H groups in total. The molecule has 0 aliphatic rings. The first-order valence-corrected chi connectivity index (χ1v) is 4.72. The second-order valence-corrected chi connectivity index (χ2v) is 3.42. The standard InChI is InChI=1S/C11H14N2O/c1-4-5-13-7-8(2)9(3)10(6-12)11(13)14/h7H,4-5H2,1-3H3. The van der Waals surface area contributed by atoms with Crippen LogP contribution in [0.3, 0.4) is 0 Å². The summed E-state index contributed by atoms with van der Waals surface area (Å²) in [5, 5.41) is 8.85. The van der Waals surface area contributed by atoms with Crippen LogP contribution >= 0.6 is 0 Å². The Morgan fingerprint density at radius 2 is 2.14 bits per heavy atom. The van der Waals surface area contributed by atoms with Gasteiger partial charge in [-0.05, 0) is 31.4 Å². The molecule has 1 aromatic rings. The zero-order chi connectivity index (χ0) is 10.7. The van der Waals surface area contributed by atoms with Crippen LogP contribution in [-0.4, -0.2) is 4.57 Å². The van der Waals surface area contributed by atoms with E-state index in [0.29, 0.717) is 6.54 Å². The van der Waals surface area contributed by atoms with E-state index in [1.807, 2.05) is 33.0 Å². The van der Waals surface area contributed by atoms with Gasteiger partial charge in [-0.3, -0.25) is 4.79 Å². The van der Waals surface area contributed by atoms with Crippen LogP contribution in [0.5, 0.6) is 0 Å². The van der Waals surface area contributed by atoms with Crippen LogP contribution in [0.4, 0.5) is 0 Å². The molecule has 0 saturated heterocycles. The van der Waals surface area contributed by atoms with Gasteiger partial charge in [-0.25, -0.2) is 0 Å². The van der Waals surface area contributed by atoms with Crippen molar-refractivity contribution in [3.8, 4) is 6.07 Å². The summed E-state index contributed by atoms with van der Waals surface area (Å²) in [5.41, 5.74) is 1.90. The van der Waals surface area contributed by atoms with E-state index in [2.05, 4.69) is 0 Å². The van der Waals surface area contributed by atoms with Crippen LogP contribution in [0.15, 0.2) is 11.0 Å². The van der Waals surface area contributed by atoms with Crippen LogP contribution in [0, 0.1) is 25.2 Å². The predicted molar refractivity (Wildman–Crippen MR) is 55.2 cm³/mol. The molecule has 14 heavy (non-hydrogen) atoms. The molecule has 0 bridgehead atoms. The van der Waals surface area contributed by atoms with Crippen molar-refractivity contribution in [2.75, 3.05) is 0 Å². The molecular formula is C11H14N2O. The van der Waals surface area contributed by atoms with Gasteiger partial charge in [0.25, 0.3) is 5.56 Å². The van der Waals surface area contributed by atoms with Crippen molar-refractivity contribution in [3.63, 3.8) is 0 Å². The Bertz CT molecular complexity index is 438. The van der Waals surface area contributed by atoms with Crippen molar-refractivity contribution < 1.29 is 0 Å². The Hall–Kier alpha value is -1.56. The highest BCUT2D eigenvalue weighted by Crippen LogP contribution is 2.07. The number of pyridine rings is 1. The lowest BCUT2D eigenvalue weighted by Gasteiger charge is -2.08. The molecule has 74 valence electrons. The molecule has 1 rings (SSSR count). The topological polar surface area (TPSA) is 45.8 Å². The predicted octanol–water partition coefficient (Wildman–Crippen LogP) is 1.75. The van der Waals surface area contributed by atoms with Crippen LogP contribution < -0.4 is 5.56 Å². The Morgan fingerprint density at radius 1 is 1.50 bits per heavy atom. The summed E-state index contributed by atoms with van der Waals surface area (Å²) in [7, 11) is 0. The summed E-state index contributed by atoms with van der Waals surface area (Å²) in [4.78, 5) is 11.7. The first-order chi connectivity index (χ1) is 6.61. The maximum Gasteiger partial charge on any atom is 0.268 e. The van der Waals surface area contributed by atoms with Gasteiger partial charge in [0.1, 0.15) is 11.6 Å². The Balaban J connectivity index is 3.45. The van der Waals surface area contributed by atoms with E-state index >= 15 is 0 Å². The summed E-state index contributed by atoms with van der Waals surface area (Å²) in [5.74, 6) is 0. The van der Waals surface area contributed by atoms with Crippen molar-refractivity contribution in [2.24, 2.45) is 0 Å². The maximum absolute atomic E-state index is 11.7. The van der Waals surface area contributed by atoms with Crippen LogP contribution in [0.2, 0.25) is 0 Å². The molecule has 1 aromatic heterocycles. The SMILES string of the molecule is CCCn1cc(C)c(C)c(C#N)c1=O. The first-order valence-electron chi connectivity index (χ1n) is 4.72. The summed E-state index contributed by atoms with van der Waals surface area (Å²) in [6.07, 6.45) is 2.72.